The molecule has 0 atom stereocenters. The van der Waals surface area contributed by atoms with Gasteiger partial charge in [-0.3, -0.25) is 4.79 Å². The molecule has 8 heteroatoms. The van der Waals surface area contributed by atoms with Gasteiger partial charge in [0.25, 0.3) is 0 Å². The van der Waals surface area contributed by atoms with Crippen molar-refractivity contribution in [1.82, 2.24) is 15.3 Å². The van der Waals surface area contributed by atoms with Gasteiger partial charge in [0.2, 0.25) is 5.91 Å². The molecule has 2 aromatic carbocycles. The van der Waals surface area contributed by atoms with Crippen molar-refractivity contribution in [2.75, 3.05) is 19.0 Å². The normalized spacial score (nSPS) is 12.9. The van der Waals surface area contributed by atoms with E-state index in [4.69, 9.17) is 9.47 Å². The number of carbonyl (C=O) groups excluding carboxylic acids is 1. The molecule has 140 valence electrons. The Bertz CT molecular complexity index is 1030. The third-order valence-electron chi connectivity index (χ3n) is 4.18. The van der Waals surface area contributed by atoms with Crippen molar-refractivity contribution >= 4 is 28.7 Å². The number of nitrogens with one attached hydrogen (secondary N) is 3. The fourth-order valence-corrected chi connectivity index (χ4v) is 3.73. The van der Waals surface area contributed by atoms with Gasteiger partial charge in [0, 0.05) is 23.6 Å². The zero-order chi connectivity index (χ0) is 18.6. The van der Waals surface area contributed by atoms with E-state index in [9.17, 15) is 9.59 Å². The molecule has 0 saturated carbocycles. The van der Waals surface area contributed by atoms with Crippen molar-refractivity contribution in [3.05, 3.63) is 52.4 Å². The molecular formula is C19H19N3O4S. The standard InChI is InChI=1S/C19H19N3O4S/c23-18(20-11-12-1-3-14-15(9-12)22-19(24)21-14)5-8-27-13-2-4-16-17(10-13)26-7-6-25-16/h1-4,9-10H,5-8,11H2,(H,20,23)(H2,21,22,24). The van der Waals surface area contributed by atoms with Crippen LogP contribution in [0.25, 0.3) is 11.0 Å². The lowest BCUT2D eigenvalue weighted by Crippen LogP contribution is -2.22. The van der Waals surface area contributed by atoms with Gasteiger partial charge in [0.05, 0.1) is 11.0 Å². The summed E-state index contributed by atoms with van der Waals surface area (Å²) in [5.41, 5.74) is 2.19. The highest BCUT2D eigenvalue weighted by atomic mass is 32.2. The van der Waals surface area contributed by atoms with Crippen LogP contribution in [0.3, 0.4) is 0 Å². The van der Waals surface area contributed by atoms with E-state index in [0.29, 0.717) is 31.9 Å². The second kappa shape index (κ2) is 7.79. The zero-order valence-electron chi connectivity index (χ0n) is 14.5. The number of ether oxygens (including phenoxy) is 2. The van der Waals surface area contributed by atoms with Crippen molar-refractivity contribution in [1.29, 1.82) is 0 Å². The van der Waals surface area contributed by atoms with Crippen molar-refractivity contribution in [2.45, 2.75) is 17.9 Å². The first-order valence-corrected chi connectivity index (χ1v) is 9.66. The molecule has 0 radical (unpaired) electrons. The molecule has 2 heterocycles. The van der Waals surface area contributed by atoms with Gasteiger partial charge in [-0.25, -0.2) is 4.79 Å². The van der Waals surface area contributed by atoms with E-state index in [1.54, 1.807) is 11.8 Å². The van der Waals surface area contributed by atoms with Crippen LogP contribution in [-0.4, -0.2) is 34.8 Å². The molecule has 1 amide bonds. The molecule has 0 unspecified atom stereocenters. The van der Waals surface area contributed by atoms with E-state index in [0.717, 1.165) is 33.0 Å². The Hall–Kier alpha value is -2.87. The van der Waals surface area contributed by atoms with Crippen LogP contribution in [0, 0.1) is 0 Å². The predicted molar refractivity (Wildman–Crippen MR) is 104 cm³/mol. The molecule has 0 spiro atoms. The molecule has 1 aromatic heterocycles. The van der Waals surface area contributed by atoms with E-state index in [-0.39, 0.29) is 11.6 Å². The van der Waals surface area contributed by atoms with E-state index in [2.05, 4.69) is 15.3 Å². The molecule has 0 bridgehead atoms. The summed E-state index contributed by atoms with van der Waals surface area (Å²) in [6, 6.07) is 11.4. The van der Waals surface area contributed by atoms with Crippen molar-refractivity contribution in [3.8, 4) is 11.5 Å². The van der Waals surface area contributed by atoms with Crippen LogP contribution in [-0.2, 0) is 11.3 Å². The van der Waals surface area contributed by atoms with Gasteiger partial charge >= 0.3 is 5.69 Å². The monoisotopic (exact) mass is 385 g/mol. The number of H-pyrrole nitrogens is 2. The highest BCUT2D eigenvalue weighted by Crippen LogP contribution is 2.34. The van der Waals surface area contributed by atoms with Crippen molar-refractivity contribution in [3.63, 3.8) is 0 Å². The third kappa shape index (κ3) is 4.28. The number of amides is 1. The van der Waals surface area contributed by atoms with Crippen LogP contribution in [0.5, 0.6) is 11.5 Å². The minimum Gasteiger partial charge on any atom is -0.486 e. The number of aromatic nitrogens is 2. The van der Waals surface area contributed by atoms with E-state index < -0.39 is 0 Å². The van der Waals surface area contributed by atoms with Crippen LogP contribution in [0.1, 0.15) is 12.0 Å². The first-order valence-electron chi connectivity index (χ1n) is 8.67. The Morgan fingerprint density at radius 2 is 1.85 bits per heavy atom. The highest BCUT2D eigenvalue weighted by Gasteiger charge is 2.12. The van der Waals surface area contributed by atoms with Crippen LogP contribution < -0.4 is 20.5 Å². The fourth-order valence-electron chi connectivity index (χ4n) is 2.85. The van der Waals surface area contributed by atoms with Crippen LogP contribution in [0.2, 0.25) is 0 Å². The average Bonchev–Trinajstić information content (AvgIpc) is 3.05. The van der Waals surface area contributed by atoms with Gasteiger partial charge in [-0.2, -0.15) is 0 Å². The maximum absolute atomic E-state index is 12.1. The molecule has 0 aliphatic carbocycles. The molecule has 3 N–H and O–H groups in total. The number of hydrogen-bond donors (Lipinski definition) is 3. The van der Waals surface area contributed by atoms with Gasteiger partial charge in [0.15, 0.2) is 11.5 Å². The van der Waals surface area contributed by atoms with E-state index >= 15 is 0 Å². The lowest BCUT2D eigenvalue weighted by molar-refractivity contribution is -0.120. The van der Waals surface area contributed by atoms with Crippen LogP contribution in [0.15, 0.2) is 46.1 Å². The summed E-state index contributed by atoms with van der Waals surface area (Å²) in [6.07, 6.45) is 0.419. The summed E-state index contributed by atoms with van der Waals surface area (Å²) in [7, 11) is 0. The highest BCUT2D eigenvalue weighted by molar-refractivity contribution is 7.99. The first kappa shape index (κ1) is 17.5. The number of aromatic amines is 2. The summed E-state index contributed by atoms with van der Waals surface area (Å²) in [6.45, 7) is 1.56. The number of fused-ring (bicyclic) bond motifs is 2. The summed E-state index contributed by atoms with van der Waals surface area (Å²) in [5.74, 6) is 2.19. The SMILES string of the molecule is O=C(CCSc1ccc2c(c1)OCCO2)NCc1ccc2[nH]c(=O)[nH]c2c1. The number of hydrogen-bond acceptors (Lipinski definition) is 5. The van der Waals surface area contributed by atoms with Crippen molar-refractivity contribution < 1.29 is 14.3 Å². The molecule has 27 heavy (non-hydrogen) atoms. The first-order chi connectivity index (χ1) is 13.2. The molecule has 3 aromatic rings. The lowest BCUT2D eigenvalue weighted by Gasteiger charge is -2.18. The molecule has 0 fully saturated rings. The topological polar surface area (TPSA) is 96.2 Å². The van der Waals surface area contributed by atoms with Gasteiger partial charge in [-0.1, -0.05) is 6.07 Å². The molecule has 4 rings (SSSR count). The van der Waals surface area contributed by atoms with E-state index in [1.807, 2.05) is 36.4 Å². The number of carbonyl (C=O) groups is 1. The van der Waals surface area contributed by atoms with Gasteiger partial charge < -0.3 is 24.8 Å². The maximum Gasteiger partial charge on any atom is 0.323 e. The summed E-state index contributed by atoms with van der Waals surface area (Å²) >= 11 is 1.61. The van der Waals surface area contributed by atoms with Crippen LogP contribution >= 0.6 is 11.8 Å². The number of rotatable bonds is 6. The lowest BCUT2D eigenvalue weighted by atomic mass is 10.2. The quantitative estimate of drug-likeness (QED) is 0.567. The molecular weight excluding hydrogens is 366 g/mol. The average molecular weight is 385 g/mol. The van der Waals surface area contributed by atoms with Gasteiger partial charge in [0.1, 0.15) is 13.2 Å². The molecule has 7 nitrogen and oxygen atoms in total. The summed E-state index contributed by atoms with van der Waals surface area (Å²) in [4.78, 5) is 29.8. The second-order valence-electron chi connectivity index (χ2n) is 6.14. The van der Waals surface area contributed by atoms with Crippen LogP contribution in [0.4, 0.5) is 0 Å². The van der Waals surface area contributed by atoms with Crippen molar-refractivity contribution in [2.24, 2.45) is 0 Å². The number of thioether (sulfide) groups is 1. The Balaban J connectivity index is 1.25. The minimum absolute atomic E-state index is 0.0114. The fraction of sp³-hybridized carbons (Fsp3) is 0.263. The summed E-state index contributed by atoms with van der Waals surface area (Å²) < 4.78 is 11.1. The Labute approximate surface area is 159 Å². The Morgan fingerprint density at radius 1 is 1.04 bits per heavy atom. The zero-order valence-corrected chi connectivity index (χ0v) is 15.4. The second-order valence-corrected chi connectivity index (χ2v) is 7.31. The molecule has 0 saturated heterocycles. The molecule has 1 aliphatic heterocycles. The Morgan fingerprint density at radius 3 is 2.74 bits per heavy atom. The van der Waals surface area contributed by atoms with Gasteiger partial charge in [-0.15, -0.1) is 11.8 Å². The summed E-state index contributed by atoms with van der Waals surface area (Å²) in [5, 5.41) is 2.91. The largest absolute Gasteiger partial charge is 0.486 e. The van der Waals surface area contributed by atoms with Gasteiger partial charge in [-0.05, 0) is 35.9 Å². The third-order valence-corrected chi connectivity index (χ3v) is 5.18. The maximum atomic E-state index is 12.1. The van der Waals surface area contributed by atoms with E-state index in [1.165, 1.54) is 0 Å². The predicted octanol–water partition coefficient (Wildman–Crippen LogP) is 2.43. The number of imidazole rings is 1. The Kier molecular flexibility index (Phi) is 5.06. The minimum atomic E-state index is -0.234. The smallest absolute Gasteiger partial charge is 0.323 e. The number of benzene rings is 2. The molecule has 1 aliphatic rings.